The summed E-state index contributed by atoms with van der Waals surface area (Å²) in [6.45, 7) is 3.43. The van der Waals surface area contributed by atoms with Gasteiger partial charge in [0.25, 0.3) is 0 Å². The second-order valence-corrected chi connectivity index (χ2v) is 20.6. The van der Waals surface area contributed by atoms with Crippen LogP contribution in [-0.4, -0.2) is 166 Å². The molecule has 1 aromatic carbocycles. The standard InChI is InChI=1S/C57H82N2O18/c1-35-16-13-11-9-7-5-3-4-6-8-10-12-14-19-45(75-56-53(70)52(59)48(68)34-74-56)31-49-51(55(71)72)47(67)33-57(73,77-49)32-44(65)27-40(61)18-15-17-39(60)26-42(63)28-43(64)30-50(69)76-54(35)36(2)20-25-41(62)29-46(66)37-21-23-38(58)24-22-37/h3-14,16,19,21-24,35-36,39-42,44-45,47-49,51-54,56,60-63,65,67-68,70,73H,15,17-18,20,25-34,58-59H2,1-2H3,(H,71,72)/b4-3+,7-5+,8-6+,11-9+,12-10+,16-13+,19-14+/t35?,36?,39?,40?,41?,42?,44?,45?,47?,48-,49?,51?,52+,53+,54?,56+,57?/m1/s1. The van der Waals surface area contributed by atoms with Gasteiger partial charge in [0.05, 0.1) is 67.6 Å². The number of carboxylic acid groups (broad SMARTS) is 1. The minimum absolute atomic E-state index is 0.0733. The van der Waals surface area contributed by atoms with Crippen LogP contribution in [0.5, 0.6) is 0 Å². The Bertz CT molecular complexity index is 2210. The van der Waals surface area contributed by atoms with E-state index in [1.165, 1.54) is 6.08 Å². The zero-order valence-electron chi connectivity index (χ0n) is 43.9. The molecular formula is C57H82N2O18. The molecule has 0 saturated carbocycles. The minimum atomic E-state index is -2.26. The number of Topliss-reactive ketones (excluding diaryl/α,β-unsaturated/α-hetero) is 2. The monoisotopic (exact) mass is 1080 g/mol. The Kier molecular flexibility index (Phi) is 27.4. The van der Waals surface area contributed by atoms with Crippen molar-refractivity contribution in [3.05, 3.63) is 115 Å². The van der Waals surface area contributed by atoms with Crippen molar-refractivity contribution in [3.63, 3.8) is 0 Å². The molecule has 3 heterocycles. The molecule has 0 radical (unpaired) electrons. The van der Waals surface area contributed by atoms with Gasteiger partial charge in [-0.2, -0.15) is 0 Å². The Morgan fingerprint density at radius 3 is 1.94 bits per heavy atom. The van der Waals surface area contributed by atoms with Crippen LogP contribution in [0, 0.1) is 17.8 Å². The minimum Gasteiger partial charge on any atom is -0.481 e. The third-order valence-corrected chi connectivity index (χ3v) is 13.8. The van der Waals surface area contributed by atoms with Gasteiger partial charge in [-0.05, 0) is 75.1 Å². The molecule has 3 aliphatic heterocycles. The average Bonchev–Trinajstić information content (AvgIpc) is 3.34. The number of aliphatic hydroxyl groups is 9. The van der Waals surface area contributed by atoms with E-state index in [-0.39, 0.29) is 75.6 Å². The number of ether oxygens (including phenoxy) is 4. The van der Waals surface area contributed by atoms with Crippen molar-refractivity contribution in [1.82, 2.24) is 0 Å². The number of cyclic esters (lactones) is 1. The van der Waals surface area contributed by atoms with Gasteiger partial charge in [-0.25, -0.2) is 0 Å². The average molecular weight is 1080 g/mol. The summed E-state index contributed by atoms with van der Waals surface area (Å²) in [6.07, 6.45) is 7.26. The molecule has 0 amide bonds. The molecule has 2 saturated heterocycles. The lowest BCUT2D eigenvalue weighted by Crippen LogP contribution is -2.59. The number of carboxylic acids is 1. The van der Waals surface area contributed by atoms with Gasteiger partial charge >= 0.3 is 11.9 Å². The first-order valence-electron chi connectivity index (χ1n) is 26.4. The van der Waals surface area contributed by atoms with Gasteiger partial charge in [0, 0.05) is 49.3 Å². The number of nitrogens with two attached hydrogens (primary N) is 2. The van der Waals surface area contributed by atoms with Crippen LogP contribution in [0.15, 0.2) is 109 Å². The number of hydrogen-bond donors (Lipinski definition) is 12. The topological polar surface area (TPSA) is 360 Å². The van der Waals surface area contributed by atoms with Gasteiger partial charge in [0.2, 0.25) is 0 Å². The molecule has 2 bridgehead atoms. The molecule has 0 aliphatic carbocycles. The molecule has 20 heteroatoms. The number of allylic oxidation sites excluding steroid dienone is 12. The Morgan fingerprint density at radius 1 is 0.766 bits per heavy atom. The first-order chi connectivity index (χ1) is 36.5. The van der Waals surface area contributed by atoms with Crippen LogP contribution in [0.2, 0.25) is 0 Å². The summed E-state index contributed by atoms with van der Waals surface area (Å²) in [6, 6.07) is 5.28. The van der Waals surface area contributed by atoms with E-state index >= 15 is 0 Å². The largest absolute Gasteiger partial charge is 0.481 e. The lowest BCUT2D eigenvalue weighted by Gasteiger charge is -2.45. The van der Waals surface area contributed by atoms with Gasteiger partial charge in [0.15, 0.2) is 17.9 Å². The van der Waals surface area contributed by atoms with Crippen molar-refractivity contribution in [2.24, 2.45) is 23.5 Å². The second-order valence-electron chi connectivity index (χ2n) is 20.6. The normalized spacial score (nSPS) is 37.1. The van der Waals surface area contributed by atoms with E-state index in [1.807, 2.05) is 19.9 Å². The maximum absolute atomic E-state index is 13.2. The molecule has 1 aromatic rings. The molecular weight excluding hydrogens is 1000 g/mol. The summed E-state index contributed by atoms with van der Waals surface area (Å²) in [5.41, 5.74) is 12.6. The molecule has 3 aliphatic rings. The van der Waals surface area contributed by atoms with Gasteiger partial charge in [-0.3, -0.25) is 19.2 Å². The van der Waals surface area contributed by atoms with Crippen LogP contribution in [0.4, 0.5) is 5.69 Å². The van der Waals surface area contributed by atoms with Crippen molar-refractivity contribution in [3.8, 4) is 0 Å². The van der Waals surface area contributed by atoms with Crippen molar-refractivity contribution in [1.29, 1.82) is 0 Å². The number of benzene rings is 1. The highest BCUT2D eigenvalue weighted by atomic mass is 16.7. The fraction of sp³-hybridized carbons (Fsp3) is 0.579. The summed E-state index contributed by atoms with van der Waals surface area (Å²) in [5, 5.41) is 108. The number of fused-ring (bicyclic) bond motifs is 2. The maximum Gasteiger partial charge on any atom is 0.313 e. The zero-order chi connectivity index (χ0) is 56.7. The zero-order valence-corrected chi connectivity index (χ0v) is 43.9. The molecule has 17 atom stereocenters. The van der Waals surface area contributed by atoms with E-state index in [9.17, 15) is 70.2 Å². The molecule has 2 fully saturated rings. The lowest BCUT2D eigenvalue weighted by atomic mass is 9.82. The van der Waals surface area contributed by atoms with E-state index in [2.05, 4.69) is 0 Å². The summed E-state index contributed by atoms with van der Waals surface area (Å²) < 4.78 is 23.4. The van der Waals surface area contributed by atoms with E-state index in [0.29, 0.717) is 17.7 Å². The Hall–Kier alpha value is -5.04. The van der Waals surface area contributed by atoms with Crippen molar-refractivity contribution in [2.75, 3.05) is 12.3 Å². The van der Waals surface area contributed by atoms with Crippen LogP contribution in [0.25, 0.3) is 0 Å². The van der Waals surface area contributed by atoms with Crippen molar-refractivity contribution < 1.29 is 89.2 Å². The van der Waals surface area contributed by atoms with Crippen LogP contribution >= 0.6 is 0 Å². The lowest BCUT2D eigenvalue weighted by molar-refractivity contribution is -0.305. The van der Waals surface area contributed by atoms with E-state index in [0.717, 1.165) is 0 Å². The number of esters is 1. The van der Waals surface area contributed by atoms with E-state index < -0.39 is 135 Å². The molecule has 0 spiro atoms. The van der Waals surface area contributed by atoms with Crippen molar-refractivity contribution in [2.45, 2.75) is 183 Å². The first-order valence-corrected chi connectivity index (χ1v) is 26.4. The molecule has 77 heavy (non-hydrogen) atoms. The summed E-state index contributed by atoms with van der Waals surface area (Å²) in [5.74, 6) is -7.61. The highest BCUT2D eigenvalue weighted by molar-refractivity contribution is 5.96. The fourth-order valence-electron chi connectivity index (χ4n) is 9.59. The van der Waals surface area contributed by atoms with E-state index in [4.69, 9.17) is 30.4 Å². The molecule has 14 N–H and O–H groups in total. The van der Waals surface area contributed by atoms with Crippen LogP contribution in [-0.2, 0) is 33.3 Å². The molecule has 20 nitrogen and oxygen atoms in total. The van der Waals surface area contributed by atoms with Crippen LogP contribution in [0.1, 0.15) is 108 Å². The predicted molar refractivity (Wildman–Crippen MR) is 284 cm³/mol. The maximum atomic E-state index is 13.2. The molecule has 4 rings (SSSR count). The SMILES string of the molecule is CC1/C=C/C=C/C=C/C=C/C=C/C=C/C=C/C(O[C@@H]2OC[C@@H](O)[C@H](N)[C@@H]2O)CC2OC(O)(CC(O)CC(O)CCCC(O)CC(O)CC(=O)CC(=O)OC1C(C)CCC(O)CC(=O)c1ccc(N)cc1)CC(O)C2C(=O)O. The summed E-state index contributed by atoms with van der Waals surface area (Å²) >= 11 is 0. The summed E-state index contributed by atoms with van der Waals surface area (Å²) in [4.78, 5) is 51.5. The number of nitrogen functional groups attached to an aromatic ring is 1. The van der Waals surface area contributed by atoms with Gasteiger partial charge < -0.3 is 81.5 Å². The Labute approximate surface area is 450 Å². The number of hydrogen-bond acceptors (Lipinski definition) is 19. The van der Waals surface area contributed by atoms with Crippen LogP contribution in [0.3, 0.4) is 0 Å². The Morgan fingerprint density at radius 2 is 1.34 bits per heavy atom. The number of carbonyl (C=O) groups excluding carboxylic acids is 3. The van der Waals surface area contributed by atoms with E-state index in [1.54, 1.807) is 97.2 Å². The Balaban J connectivity index is 1.51. The molecule has 0 aromatic heterocycles. The van der Waals surface area contributed by atoms with Gasteiger partial charge in [0.1, 0.15) is 30.3 Å². The second kappa shape index (κ2) is 32.8. The molecule has 428 valence electrons. The highest BCUT2D eigenvalue weighted by Crippen LogP contribution is 2.38. The van der Waals surface area contributed by atoms with Crippen LogP contribution < -0.4 is 11.5 Å². The quantitative estimate of drug-likeness (QED) is 0.0693. The first kappa shape index (κ1) is 64.5. The smallest absolute Gasteiger partial charge is 0.313 e. The number of anilines is 1. The fourth-order valence-corrected chi connectivity index (χ4v) is 9.59. The summed E-state index contributed by atoms with van der Waals surface area (Å²) in [7, 11) is 0. The molecule has 13 unspecified atom stereocenters. The number of aliphatic carboxylic acids is 1. The third-order valence-electron chi connectivity index (χ3n) is 13.8. The number of aliphatic hydroxyl groups excluding tert-OH is 8. The van der Waals surface area contributed by atoms with Gasteiger partial charge in [-0.15, -0.1) is 0 Å². The number of ketones is 2. The van der Waals surface area contributed by atoms with Gasteiger partial charge in [-0.1, -0.05) is 98.9 Å². The number of carbonyl (C=O) groups is 4. The predicted octanol–water partition coefficient (Wildman–Crippen LogP) is 2.93. The third kappa shape index (κ3) is 23.1. The van der Waals surface area contributed by atoms with Crippen molar-refractivity contribution >= 4 is 29.2 Å². The highest BCUT2D eigenvalue weighted by Gasteiger charge is 2.50. The number of rotatable bonds is 10.